The van der Waals surface area contributed by atoms with Crippen molar-refractivity contribution in [2.24, 2.45) is 0 Å². The minimum atomic E-state index is -2.49. The minimum absolute atomic E-state index is 0.205. The molecule has 0 saturated carbocycles. The normalized spacial score (nSPS) is 22.9. The molecule has 0 unspecified atom stereocenters. The Labute approximate surface area is 111 Å². The Hall–Kier alpha value is -1.27. The van der Waals surface area contributed by atoms with Crippen molar-refractivity contribution < 1.29 is 18.3 Å². The van der Waals surface area contributed by atoms with Gasteiger partial charge in [-0.25, -0.2) is 13.8 Å². The third-order valence-corrected chi connectivity index (χ3v) is 3.10. The lowest BCUT2D eigenvalue weighted by Crippen LogP contribution is -2.34. The van der Waals surface area contributed by atoms with Crippen LogP contribution in [0.25, 0.3) is 0 Å². The molecule has 0 aromatic carbocycles. The highest BCUT2D eigenvalue weighted by molar-refractivity contribution is 5.20. The number of hydrogen-bond acceptors (Lipinski definition) is 4. The average Bonchev–Trinajstić information content (AvgIpc) is 2.80. The Bertz CT molecular complexity index is 404. The van der Waals surface area contributed by atoms with Gasteiger partial charge in [0, 0.05) is 31.5 Å². The van der Waals surface area contributed by atoms with E-state index in [9.17, 15) is 8.78 Å². The molecule has 2 heterocycles. The third-order valence-electron chi connectivity index (χ3n) is 3.10. The van der Waals surface area contributed by atoms with Crippen LogP contribution in [-0.4, -0.2) is 36.8 Å². The highest BCUT2D eigenvalue weighted by Gasteiger charge is 2.23. The lowest BCUT2D eigenvalue weighted by molar-refractivity contribution is 0.0795. The highest BCUT2D eigenvalue weighted by atomic mass is 19.3. The predicted molar refractivity (Wildman–Crippen MR) is 66.4 cm³/mol. The number of aromatic nitrogens is 1. The van der Waals surface area contributed by atoms with Gasteiger partial charge in [-0.05, 0) is 25.0 Å². The van der Waals surface area contributed by atoms with Crippen LogP contribution in [-0.2, 0) is 11.3 Å². The Morgan fingerprint density at radius 3 is 3.11 bits per heavy atom. The zero-order valence-electron chi connectivity index (χ0n) is 10.8. The SMILES string of the molecule is C[C@@H]1OCC[C@H]1NCc1ccnc(OCC(F)F)c1. The molecule has 1 N–H and O–H groups in total. The van der Waals surface area contributed by atoms with Gasteiger partial charge in [-0.1, -0.05) is 0 Å². The smallest absolute Gasteiger partial charge is 0.272 e. The van der Waals surface area contributed by atoms with Crippen molar-refractivity contribution in [2.75, 3.05) is 13.2 Å². The maximum absolute atomic E-state index is 12.0. The third kappa shape index (κ3) is 4.40. The first-order chi connectivity index (χ1) is 9.15. The molecule has 1 aliphatic heterocycles. The molecular weight excluding hydrogens is 254 g/mol. The van der Waals surface area contributed by atoms with E-state index in [2.05, 4.69) is 10.3 Å². The van der Waals surface area contributed by atoms with Gasteiger partial charge in [0.1, 0.15) is 0 Å². The van der Waals surface area contributed by atoms with Crippen molar-refractivity contribution >= 4 is 0 Å². The van der Waals surface area contributed by atoms with Gasteiger partial charge in [0.15, 0.2) is 6.61 Å². The van der Waals surface area contributed by atoms with Crippen molar-refractivity contribution in [2.45, 2.75) is 38.5 Å². The summed E-state index contributed by atoms with van der Waals surface area (Å²) < 4.78 is 34.4. The number of nitrogens with zero attached hydrogens (tertiary/aromatic N) is 1. The van der Waals surface area contributed by atoms with E-state index >= 15 is 0 Å². The number of rotatable bonds is 6. The Kier molecular flexibility index (Phi) is 5.04. The maximum Gasteiger partial charge on any atom is 0.272 e. The lowest BCUT2D eigenvalue weighted by Gasteiger charge is -2.16. The summed E-state index contributed by atoms with van der Waals surface area (Å²) in [4.78, 5) is 3.90. The summed E-state index contributed by atoms with van der Waals surface area (Å²) in [5.41, 5.74) is 0.957. The van der Waals surface area contributed by atoms with Crippen LogP contribution in [0.1, 0.15) is 18.9 Å². The number of pyridine rings is 1. The monoisotopic (exact) mass is 272 g/mol. The first-order valence-electron chi connectivity index (χ1n) is 6.36. The van der Waals surface area contributed by atoms with Crippen LogP contribution in [0.4, 0.5) is 8.78 Å². The first kappa shape index (κ1) is 14.1. The molecule has 1 aromatic heterocycles. The number of ether oxygens (including phenoxy) is 2. The van der Waals surface area contributed by atoms with Gasteiger partial charge in [-0.15, -0.1) is 0 Å². The Morgan fingerprint density at radius 1 is 1.58 bits per heavy atom. The fourth-order valence-electron chi connectivity index (χ4n) is 2.04. The van der Waals surface area contributed by atoms with E-state index in [-0.39, 0.29) is 12.0 Å². The molecule has 0 radical (unpaired) electrons. The summed E-state index contributed by atoms with van der Waals surface area (Å²) in [5.74, 6) is 0.232. The molecule has 0 bridgehead atoms. The number of nitrogens with one attached hydrogen (secondary N) is 1. The quantitative estimate of drug-likeness (QED) is 0.860. The predicted octanol–water partition coefficient (Wildman–Crippen LogP) is 1.99. The molecule has 0 spiro atoms. The standard InChI is InChI=1S/C13H18F2N2O2/c1-9-11(3-5-18-9)17-7-10-2-4-16-13(6-10)19-8-12(14)15/h2,4,6,9,11-12,17H,3,5,7-8H2,1H3/t9-,11+/m0/s1. The van der Waals surface area contributed by atoms with E-state index in [1.54, 1.807) is 12.3 Å². The zero-order chi connectivity index (χ0) is 13.7. The average molecular weight is 272 g/mol. The molecule has 1 fully saturated rings. The number of alkyl halides is 2. The van der Waals surface area contributed by atoms with Gasteiger partial charge in [0.25, 0.3) is 6.43 Å². The molecule has 0 amide bonds. The van der Waals surface area contributed by atoms with E-state index < -0.39 is 13.0 Å². The van der Waals surface area contributed by atoms with Crippen LogP contribution in [0.3, 0.4) is 0 Å². The fraction of sp³-hybridized carbons (Fsp3) is 0.615. The summed E-state index contributed by atoms with van der Waals surface area (Å²) in [6.45, 7) is 2.83. The molecule has 2 rings (SSSR count). The van der Waals surface area contributed by atoms with Gasteiger partial charge in [-0.3, -0.25) is 0 Å². The van der Waals surface area contributed by atoms with Crippen molar-refractivity contribution in [1.82, 2.24) is 10.3 Å². The topological polar surface area (TPSA) is 43.4 Å². The van der Waals surface area contributed by atoms with Crippen LogP contribution in [0.5, 0.6) is 5.88 Å². The second-order valence-electron chi connectivity index (χ2n) is 4.56. The molecule has 1 aliphatic rings. The van der Waals surface area contributed by atoms with Gasteiger partial charge in [0.2, 0.25) is 5.88 Å². The van der Waals surface area contributed by atoms with Gasteiger partial charge in [-0.2, -0.15) is 0 Å². The molecule has 1 aromatic rings. The molecule has 4 nitrogen and oxygen atoms in total. The van der Waals surface area contributed by atoms with Crippen LogP contribution < -0.4 is 10.1 Å². The summed E-state index contributed by atoms with van der Waals surface area (Å²) in [7, 11) is 0. The van der Waals surface area contributed by atoms with E-state index in [1.165, 1.54) is 0 Å². The maximum atomic E-state index is 12.0. The van der Waals surface area contributed by atoms with Crippen LogP contribution >= 0.6 is 0 Å². The van der Waals surface area contributed by atoms with E-state index in [1.807, 2.05) is 13.0 Å². The Morgan fingerprint density at radius 2 is 2.42 bits per heavy atom. The van der Waals surface area contributed by atoms with Crippen LogP contribution in [0, 0.1) is 0 Å². The van der Waals surface area contributed by atoms with Crippen molar-refractivity contribution in [1.29, 1.82) is 0 Å². The lowest BCUT2D eigenvalue weighted by atomic mass is 10.1. The fourth-order valence-corrected chi connectivity index (χ4v) is 2.04. The Balaban J connectivity index is 1.84. The second-order valence-corrected chi connectivity index (χ2v) is 4.56. The van der Waals surface area contributed by atoms with Gasteiger partial charge < -0.3 is 14.8 Å². The van der Waals surface area contributed by atoms with Gasteiger partial charge >= 0.3 is 0 Å². The summed E-state index contributed by atoms with van der Waals surface area (Å²) >= 11 is 0. The van der Waals surface area contributed by atoms with Crippen LogP contribution in [0.2, 0.25) is 0 Å². The summed E-state index contributed by atoms with van der Waals surface area (Å²) in [6.07, 6.45) is 0.268. The molecule has 19 heavy (non-hydrogen) atoms. The van der Waals surface area contributed by atoms with E-state index in [4.69, 9.17) is 9.47 Å². The minimum Gasteiger partial charge on any atom is -0.472 e. The van der Waals surface area contributed by atoms with Gasteiger partial charge in [0.05, 0.1) is 6.10 Å². The van der Waals surface area contributed by atoms with Crippen molar-refractivity contribution in [3.63, 3.8) is 0 Å². The summed E-state index contributed by atoms with van der Waals surface area (Å²) in [6, 6.07) is 3.84. The highest BCUT2D eigenvalue weighted by Crippen LogP contribution is 2.15. The van der Waals surface area contributed by atoms with Crippen molar-refractivity contribution in [3.8, 4) is 5.88 Å². The second kappa shape index (κ2) is 6.77. The molecular formula is C13H18F2N2O2. The van der Waals surface area contributed by atoms with Crippen molar-refractivity contribution in [3.05, 3.63) is 23.9 Å². The number of halogens is 2. The molecule has 106 valence electrons. The number of hydrogen-bond donors (Lipinski definition) is 1. The molecule has 6 heteroatoms. The van der Waals surface area contributed by atoms with Crippen LogP contribution in [0.15, 0.2) is 18.3 Å². The molecule has 0 aliphatic carbocycles. The molecule has 2 atom stereocenters. The van der Waals surface area contributed by atoms with E-state index in [0.717, 1.165) is 18.6 Å². The zero-order valence-corrected chi connectivity index (χ0v) is 10.8. The largest absolute Gasteiger partial charge is 0.472 e. The summed E-state index contributed by atoms with van der Waals surface area (Å²) in [5, 5.41) is 3.38. The molecule has 1 saturated heterocycles. The first-order valence-corrected chi connectivity index (χ1v) is 6.36. The van der Waals surface area contributed by atoms with E-state index in [0.29, 0.717) is 12.6 Å².